The van der Waals surface area contributed by atoms with Crippen LogP contribution in [0.15, 0.2) is 37.2 Å². The average molecular weight is 337 g/mol. The molecule has 1 fully saturated rings. The molecule has 7 nitrogen and oxygen atoms in total. The minimum Gasteiger partial charge on any atom is -0.351 e. The van der Waals surface area contributed by atoms with Crippen LogP contribution in [-0.4, -0.2) is 41.5 Å². The highest BCUT2D eigenvalue weighted by Crippen LogP contribution is 2.35. The average Bonchev–Trinajstić information content (AvgIpc) is 3.23. The van der Waals surface area contributed by atoms with Crippen LogP contribution < -0.4 is 5.32 Å². The Morgan fingerprint density at radius 1 is 1.24 bits per heavy atom. The van der Waals surface area contributed by atoms with E-state index in [-0.39, 0.29) is 6.54 Å². The van der Waals surface area contributed by atoms with Crippen LogP contribution in [0, 0.1) is 0 Å². The standard InChI is InChI=1S/C17H16FN7/c18-17(2-1-3-17)10-23-15-21-8-13-12(7-20-14(13)24-15)11-6-22-16-19-4-5-25(16)9-11/h4-9H,1-3,10H2,(H2,20,21,23,24). The van der Waals surface area contributed by atoms with Gasteiger partial charge in [-0.1, -0.05) is 0 Å². The summed E-state index contributed by atoms with van der Waals surface area (Å²) in [5.74, 6) is 1.09. The fourth-order valence-corrected chi connectivity index (χ4v) is 3.16. The maximum Gasteiger partial charge on any atom is 0.233 e. The molecule has 1 aliphatic carbocycles. The van der Waals surface area contributed by atoms with E-state index in [1.165, 1.54) is 0 Å². The highest BCUT2D eigenvalue weighted by Gasteiger charge is 2.36. The second-order valence-electron chi connectivity index (χ2n) is 6.49. The lowest BCUT2D eigenvalue weighted by Crippen LogP contribution is -2.39. The third-order valence-electron chi connectivity index (χ3n) is 4.80. The van der Waals surface area contributed by atoms with E-state index in [4.69, 9.17) is 0 Å². The Morgan fingerprint density at radius 2 is 2.16 bits per heavy atom. The summed E-state index contributed by atoms with van der Waals surface area (Å²) in [6, 6.07) is 0. The van der Waals surface area contributed by atoms with Crippen molar-refractivity contribution >= 4 is 22.8 Å². The Balaban J connectivity index is 1.46. The van der Waals surface area contributed by atoms with Crippen molar-refractivity contribution in [3.05, 3.63) is 37.2 Å². The summed E-state index contributed by atoms with van der Waals surface area (Å²) >= 11 is 0. The topological polar surface area (TPSA) is 83.8 Å². The van der Waals surface area contributed by atoms with Crippen LogP contribution in [0.1, 0.15) is 19.3 Å². The van der Waals surface area contributed by atoms with Gasteiger partial charge in [0.2, 0.25) is 11.7 Å². The SMILES string of the molecule is FC1(CNc2ncc3c(-c4cnc5nccn5c4)c[nH]c3n2)CCC1. The first-order valence-corrected chi connectivity index (χ1v) is 8.26. The molecular formula is C17H16FN7. The lowest BCUT2D eigenvalue weighted by molar-refractivity contribution is 0.0782. The molecule has 1 aliphatic rings. The fraction of sp³-hybridized carbons (Fsp3) is 0.294. The minimum atomic E-state index is -1.11. The van der Waals surface area contributed by atoms with Crippen LogP contribution in [0.3, 0.4) is 0 Å². The van der Waals surface area contributed by atoms with Crippen molar-refractivity contribution < 1.29 is 4.39 Å². The van der Waals surface area contributed by atoms with Gasteiger partial charge >= 0.3 is 0 Å². The maximum absolute atomic E-state index is 14.1. The summed E-state index contributed by atoms with van der Waals surface area (Å²) < 4.78 is 16.0. The number of fused-ring (bicyclic) bond motifs is 2. The molecule has 0 spiro atoms. The highest BCUT2D eigenvalue weighted by atomic mass is 19.1. The summed E-state index contributed by atoms with van der Waals surface area (Å²) in [5.41, 5.74) is 1.51. The van der Waals surface area contributed by atoms with Crippen LogP contribution in [0.2, 0.25) is 0 Å². The van der Waals surface area contributed by atoms with Gasteiger partial charge in [0.15, 0.2) is 0 Å². The molecule has 25 heavy (non-hydrogen) atoms. The van der Waals surface area contributed by atoms with E-state index in [1.54, 1.807) is 18.6 Å². The molecule has 126 valence electrons. The summed E-state index contributed by atoms with van der Waals surface area (Å²) in [6.07, 6.45) is 13.1. The van der Waals surface area contributed by atoms with Crippen molar-refractivity contribution in [2.45, 2.75) is 24.9 Å². The predicted molar refractivity (Wildman–Crippen MR) is 92.0 cm³/mol. The van der Waals surface area contributed by atoms with Crippen molar-refractivity contribution in [3.63, 3.8) is 0 Å². The maximum atomic E-state index is 14.1. The van der Waals surface area contributed by atoms with Gasteiger partial charge in [-0.3, -0.25) is 4.40 Å². The third kappa shape index (κ3) is 2.41. The number of hydrogen-bond acceptors (Lipinski definition) is 5. The van der Waals surface area contributed by atoms with Crippen molar-refractivity contribution in [1.29, 1.82) is 0 Å². The number of anilines is 1. The zero-order valence-corrected chi connectivity index (χ0v) is 13.4. The second kappa shape index (κ2) is 5.23. The highest BCUT2D eigenvalue weighted by molar-refractivity contribution is 5.93. The van der Waals surface area contributed by atoms with Crippen LogP contribution in [-0.2, 0) is 0 Å². The molecule has 0 aliphatic heterocycles. The molecule has 1 saturated carbocycles. The Hall–Kier alpha value is -3.03. The lowest BCUT2D eigenvalue weighted by atomic mass is 9.82. The van der Waals surface area contributed by atoms with Crippen molar-refractivity contribution in [2.75, 3.05) is 11.9 Å². The van der Waals surface area contributed by atoms with Gasteiger partial charge in [-0.2, -0.15) is 4.98 Å². The van der Waals surface area contributed by atoms with Gasteiger partial charge in [-0.05, 0) is 19.3 Å². The molecule has 2 N–H and O–H groups in total. The Labute approximate surface area is 142 Å². The molecule has 0 bridgehead atoms. The third-order valence-corrected chi connectivity index (χ3v) is 4.80. The molecular weight excluding hydrogens is 321 g/mol. The van der Waals surface area contributed by atoms with E-state index < -0.39 is 5.67 Å². The van der Waals surface area contributed by atoms with Gasteiger partial charge in [0.1, 0.15) is 11.3 Å². The Morgan fingerprint density at radius 3 is 3.00 bits per heavy atom. The summed E-state index contributed by atoms with van der Waals surface area (Å²) in [7, 11) is 0. The van der Waals surface area contributed by atoms with Crippen LogP contribution >= 0.6 is 0 Å². The molecule has 0 aromatic carbocycles. The van der Waals surface area contributed by atoms with Crippen molar-refractivity contribution in [1.82, 2.24) is 29.3 Å². The quantitative estimate of drug-likeness (QED) is 0.598. The normalized spacial score (nSPS) is 16.2. The smallest absolute Gasteiger partial charge is 0.233 e. The van der Waals surface area contributed by atoms with E-state index in [9.17, 15) is 4.39 Å². The number of hydrogen-bond donors (Lipinski definition) is 2. The zero-order valence-electron chi connectivity index (χ0n) is 13.4. The first-order chi connectivity index (χ1) is 12.2. The minimum absolute atomic E-state index is 0.257. The van der Waals surface area contributed by atoms with Crippen molar-refractivity contribution in [3.8, 4) is 11.1 Å². The molecule has 5 rings (SSSR count). The number of aromatic amines is 1. The molecule has 8 heteroatoms. The van der Waals surface area contributed by atoms with E-state index in [2.05, 4.69) is 30.2 Å². The number of halogens is 1. The van der Waals surface area contributed by atoms with Gasteiger partial charge in [0, 0.05) is 53.7 Å². The molecule has 4 heterocycles. The summed E-state index contributed by atoms with van der Waals surface area (Å²) in [5, 5.41) is 3.90. The van der Waals surface area contributed by atoms with E-state index >= 15 is 0 Å². The second-order valence-corrected chi connectivity index (χ2v) is 6.49. The monoisotopic (exact) mass is 337 g/mol. The number of rotatable bonds is 4. The number of H-pyrrole nitrogens is 1. The molecule has 0 saturated heterocycles. The number of alkyl halides is 1. The Bertz CT molecular complexity index is 1060. The van der Waals surface area contributed by atoms with Gasteiger partial charge in [-0.25, -0.2) is 19.3 Å². The predicted octanol–water partition coefficient (Wildman–Crippen LogP) is 2.97. The molecule has 0 atom stereocenters. The van der Waals surface area contributed by atoms with Crippen LogP contribution in [0.25, 0.3) is 27.9 Å². The van der Waals surface area contributed by atoms with Gasteiger partial charge < -0.3 is 10.3 Å². The number of nitrogens with zero attached hydrogens (tertiary/aromatic N) is 5. The number of nitrogens with one attached hydrogen (secondary N) is 2. The largest absolute Gasteiger partial charge is 0.351 e. The fourth-order valence-electron chi connectivity index (χ4n) is 3.16. The Kier molecular flexibility index (Phi) is 3.00. The van der Waals surface area contributed by atoms with Crippen LogP contribution in [0.4, 0.5) is 10.3 Å². The first kappa shape index (κ1) is 14.3. The number of imidazole rings is 1. The summed E-state index contributed by atoms with van der Waals surface area (Å²) in [4.78, 5) is 20.4. The molecule has 0 radical (unpaired) electrons. The first-order valence-electron chi connectivity index (χ1n) is 8.26. The molecule has 0 unspecified atom stereocenters. The molecule has 0 amide bonds. The van der Waals surface area contributed by atoms with E-state index in [1.807, 2.05) is 23.0 Å². The van der Waals surface area contributed by atoms with Gasteiger partial charge in [0.05, 0.1) is 6.54 Å². The molecule has 4 aromatic heterocycles. The molecule has 4 aromatic rings. The lowest BCUT2D eigenvalue weighted by Gasteiger charge is -2.33. The van der Waals surface area contributed by atoms with Crippen molar-refractivity contribution in [2.24, 2.45) is 0 Å². The van der Waals surface area contributed by atoms with Crippen LogP contribution in [0.5, 0.6) is 0 Å². The zero-order chi connectivity index (χ0) is 16.9. The number of aromatic nitrogens is 6. The van der Waals surface area contributed by atoms with E-state index in [0.29, 0.717) is 30.2 Å². The summed E-state index contributed by atoms with van der Waals surface area (Å²) in [6.45, 7) is 0.257. The van der Waals surface area contributed by atoms with Gasteiger partial charge in [0.25, 0.3) is 0 Å². The van der Waals surface area contributed by atoms with Gasteiger partial charge in [-0.15, -0.1) is 0 Å². The van der Waals surface area contributed by atoms with E-state index in [0.717, 1.165) is 22.9 Å².